The smallest absolute Gasteiger partial charge is 0.311 e. The van der Waals surface area contributed by atoms with E-state index in [-0.39, 0.29) is 24.4 Å². The monoisotopic (exact) mass is 419 g/mol. The third-order valence-corrected chi connectivity index (χ3v) is 4.74. The van der Waals surface area contributed by atoms with Crippen molar-refractivity contribution < 1.29 is 23.8 Å². The van der Waals surface area contributed by atoms with Gasteiger partial charge in [0.05, 0.1) is 17.2 Å². The van der Waals surface area contributed by atoms with Crippen LogP contribution in [0.4, 0.5) is 5.82 Å². The lowest BCUT2D eigenvalue weighted by Crippen LogP contribution is -2.36. The first kappa shape index (κ1) is 21.9. The maximum Gasteiger partial charge on any atom is 0.311 e. The van der Waals surface area contributed by atoms with E-state index in [2.05, 4.69) is 15.0 Å². The summed E-state index contributed by atoms with van der Waals surface area (Å²) in [5, 5.41) is 0. The number of esters is 2. The lowest BCUT2D eigenvalue weighted by molar-refractivity contribution is -0.167. The number of imidazole rings is 1. The topological polar surface area (TPSA) is 131 Å². The summed E-state index contributed by atoms with van der Waals surface area (Å²) in [7, 11) is 0. The molecule has 10 nitrogen and oxygen atoms in total. The van der Waals surface area contributed by atoms with Gasteiger partial charge in [-0.05, 0) is 41.5 Å². The molecule has 0 aliphatic carbocycles. The number of carbonyl (C=O) groups excluding carboxylic acids is 2. The van der Waals surface area contributed by atoms with Gasteiger partial charge in [-0.2, -0.15) is 0 Å². The van der Waals surface area contributed by atoms with Crippen LogP contribution in [-0.2, 0) is 23.8 Å². The molecule has 3 atom stereocenters. The summed E-state index contributed by atoms with van der Waals surface area (Å²) in [6.07, 6.45) is 1.54. The maximum atomic E-state index is 12.5. The molecule has 0 aromatic carbocycles. The number of fused-ring (bicyclic) bond motifs is 1. The van der Waals surface area contributed by atoms with E-state index in [9.17, 15) is 9.59 Å². The van der Waals surface area contributed by atoms with Crippen LogP contribution in [0.2, 0.25) is 0 Å². The first-order valence-corrected chi connectivity index (χ1v) is 9.84. The Hall–Kier alpha value is -2.75. The van der Waals surface area contributed by atoms with Crippen LogP contribution in [-0.4, -0.2) is 50.3 Å². The summed E-state index contributed by atoms with van der Waals surface area (Å²) >= 11 is 0. The van der Waals surface area contributed by atoms with Crippen molar-refractivity contribution in [2.45, 2.75) is 66.4 Å². The number of hydrogen-bond acceptors (Lipinski definition) is 9. The Morgan fingerprint density at radius 3 is 2.43 bits per heavy atom. The molecule has 1 aliphatic rings. The molecule has 3 rings (SSSR count). The van der Waals surface area contributed by atoms with Crippen molar-refractivity contribution in [1.29, 1.82) is 0 Å². The Morgan fingerprint density at radius 2 is 1.80 bits per heavy atom. The summed E-state index contributed by atoms with van der Waals surface area (Å²) in [4.78, 5) is 37.1. The van der Waals surface area contributed by atoms with Crippen molar-refractivity contribution >= 4 is 28.9 Å². The van der Waals surface area contributed by atoms with Crippen molar-refractivity contribution in [2.24, 2.45) is 10.8 Å². The highest BCUT2D eigenvalue weighted by Crippen LogP contribution is 2.34. The molecule has 164 valence electrons. The van der Waals surface area contributed by atoms with E-state index in [1.54, 1.807) is 52.4 Å². The molecule has 0 saturated carbocycles. The van der Waals surface area contributed by atoms with Crippen LogP contribution in [0, 0.1) is 10.8 Å². The van der Waals surface area contributed by atoms with Crippen LogP contribution in [0.5, 0.6) is 0 Å². The molecule has 2 N–H and O–H groups in total. The molecule has 0 unspecified atom stereocenters. The van der Waals surface area contributed by atoms with Crippen molar-refractivity contribution in [3.63, 3.8) is 0 Å². The predicted octanol–water partition coefficient (Wildman–Crippen LogP) is 2.24. The minimum Gasteiger partial charge on any atom is -0.462 e. The number of hydrogen-bond donors (Lipinski definition) is 1. The van der Waals surface area contributed by atoms with Gasteiger partial charge in [0.25, 0.3) is 0 Å². The second-order valence-electron chi connectivity index (χ2n) is 9.49. The molecular weight excluding hydrogens is 390 g/mol. The van der Waals surface area contributed by atoms with Gasteiger partial charge in [0.2, 0.25) is 0 Å². The van der Waals surface area contributed by atoms with Crippen molar-refractivity contribution in [3.8, 4) is 0 Å². The number of carbonyl (C=O) groups is 2. The van der Waals surface area contributed by atoms with Crippen molar-refractivity contribution in [1.82, 2.24) is 19.5 Å². The van der Waals surface area contributed by atoms with E-state index in [4.69, 9.17) is 19.9 Å². The minimum atomic E-state index is -0.673. The highest BCUT2D eigenvalue weighted by Gasteiger charge is 2.42. The van der Waals surface area contributed by atoms with Crippen molar-refractivity contribution in [2.75, 3.05) is 12.3 Å². The number of nitrogens with zero attached hydrogens (tertiary/aromatic N) is 4. The summed E-state index contributed by atoms with van der Waals surface area (Å²) in [6.45, 7) is 10.6. The average molecular weight is 419 g/mol. The summed E-state index contributed by atoms with van der Waals surface area (Å²) in [6, 6.07) is 0. The van der Waals surface area contributed by atoms with E-state index in [1.807, 2.05) is 0 Å². The van der Waals surface area contributed by atoms with Crippen LogP contribution in [0.25, 0.3) is 11.2 Å². The molecule has 1 fully saturated rings. The molecule has 0 amide bonds. The first-order valence-electron chi connectivity index (χ1n) is 9.84. The second kappa shape index (κ2) is 7.82. The van der Waals surface area contributed by atoms with Crippen LogP contribution in [0.3, 0.4) is 0 Å². The molecule has 1 saturated heterocycles. The Balaban J connectivity index is 1.82. The molecule has 0 bridgehead atoms. The van der Waals surface area contributed by atoms with Crippen molar-refractivity contribution in [3.05, 3.63) is 12.7 Å². The Labute approximate surface area is 175 Å². The van der Waals surface area contributed by atoms with Crippen LogP contribution in [0.1, 0.15) is 54.2 Å². The van der Waals surface area contributed by atoms with Gasteiger partial charge >= 0.3 is 11.9 Å². The number of aromatic nitrogens is 4. The average Bonchev–Trinajstić information content (AvgIpc) is 3.22. The number of ether oxygens (including phenoxy) is 3. The molecule has 0 radical (unpaired) electrons. The molecule has 30 heavy (non-hydrogen) atoms. The van der Waals surface area contributed by atoms with Gasteiger partial charge in [0, 0.05) is 6.42 Å². The third kappa shape index (κ3) is 4.53. The largest absolute Gasteiger partial charge is 0.462 e. The molecule has 10 heteroatoms. The van der Waals surface area contributed by atoms with Gasteiger partial charge in [-0.25, -0.2) is 15.0 Å². The van der Waals surface area contributed by atoms with Gasteiger partial charge in [0.1, 0.15) is 36.9 Å². The zero-order valence-electron chi connectivity index (χ0n) is 18.2. The zero-order chi connectivity index (χ0) is 22.3. The second-order valence-corrected chi connectivity index (χ2v) is 9.49. The summed E-state index contributed by atoms with van der Waals surface area (Å²) in [5.74, 6) is -0.446. The normalized spacial score (nSPS) is 22.3. The van der Waals surface area contributed by atoms with Crippen LogP contribution in [0.15, 0.2) is 12.7 Å². The van der Waals surface area contributed by atoms with E-state index in [0.717, 1.165) is 0 Å². The van der Waals surface area contributed by atoms with E-state index >= 15 is 0 Å². The molecule has 0 spiro atoms. The van der Waals surface area contributed by atoms with Gasteiger partial charge < -0.3 is 19.9 Å². The highest BCUT2D eigenvalue weighted by atomic mass is 16.6. The van der Waals surface area contributed by atoms with Gasteiger partial charge in [-0.3, -0.25) is 14.2 Å². The van der Waals surface area contributed by atoms with E-state index in [1.165, 1.54) is 6.33 Å². The Bertz CT molecular complexity index is 943. The predicted molar refractivity (Wildman–Crippen MR) is 108 cm³/mol. The first-order chi connectivity index (χ1) is 13.9. The minimum absolute atomic E-state index is 0.0293. The lowest BCUT2D eigenvalue weighted by Gasteiger charge is -2.24. The Kier molecular flexibility index (Phi) is 5.72. The fraction of sp³-hybridized carbons (Fsp3) is 0.650. The quantitative estimate of drug-likeness (QED) is 0.741. The number of nitrogen functional groups attached to an aromatic ring is 1. The lowest BCUT2D eigenvalue weighted by atomic mass is 9.97. The fourth-order valence-corrected chi connectivity index (χ4v) is 2.91. The fourth-order valence-electron chi connectivity index (χ4n) is 2.91. The number of rotatable bonds is 4. The summed E-state index contributed by atoms with van der Waals surface area (Å²) in [5.41, 5.74) is 5.52. The molecule has 2 aromatic heterocycles. The van der Waals surface area contributed by atoms with E-state index in [0.29, 0.717) is 17.6 Å². The number of anilines is 1. The third-order valence-electron chi connectivity index (χ3n) is 4.74. The van der Waals surface area contributed by atoms with E-state index < -0.39 is 29.3 Å². The standard InChI is InChI=1S/C20H29N5O5/c1-19(2,3)17(26)28-8-12-11(30-18(27)20(4,5)6)7-13(29-12)25-10-24-14-15(21)22-9-23-16(14)25/h9-13H,7-8H2,1-6H3,(H2,21,22,23)/t11-,12+,13+/m1/s1. The zero-order valence-corrected chi connectivity index (χ0v) is 18.2. The molecular formula is C20H29N5O5. The van der Waals surface area contributed by atoms with Gasteiger partial charge in [-0.1, -0.05) is 0 Å². The van der Waals surface area contributed by atoms with Crippen LogP contribution >= 0.6 is 0 Å². The maximum absolute atomic E-state index is 12.5. The van der Waals surface area contributed by atoms with Gasteiger partial charge in [-0.15, -0.1) is 0 Å². The van der Waals surface area contributed by atoms with Gasteiger partial charge in [0.15, 0.2) is 11.5 Å². The highest BCUT2D eigenvalue weighted by molar-refractivity contribution is 5.81. The molecule has 3 heterocycles. The van der Waals surface area contributed by atoms with Crippen LogP contribution < -0.4 is 5.73 Å². The number of nitrogens with two attached hydrogens (primary N) is 1. The Morgan fingerprint density at radius 1 is 1.13 bits per heavy atom. The molecule has 2 aromatic rings. The molecule has 1 aliphatic heterocycles. The SMILES string of the molecule is CC(C)(C)C(=O)OC[C@@H]1O[C@H](n2cnc3c(N)ncnc32)C[C@H]1OC(=O)C(C)(C)C. The summed E-state index contributed by atoms with van der Waals surface area (Å²) < 4.78 is 19.0.